The molecule has 0 saturated carbocycles. The Labute approximate surface area is 151 Å². The molecule has 0 bridgehead atoms. The number of anilines is 1. The van der Waals surface area contributed by atoms with Gasteiger partial charge in [0.2, 0.25) is 10.0 Å². The number of nitrogens with one attached hydrogen (secondary N) is 1. The maximum absolute atomic E-state index is 12.6. The van der Waals surface area contributed by atoms with Gasteiger partial charge in [-0.25, -0.2) is 18.1 Å². The molecule has 2 aromatic heterocycles. The molecule has 1 aliphatic heterocycles. The normalized spacial score (nSPS) is 18.7. The Hall–Kier alpha value is -1.36. The number of nitrogens with zero attached hydrogens (tertiary/aromatic N) is 2. The maximum atomic E-state index is 12.6. The van der Waals surface area contributed by atoms with Crippen LogP contribution in [0.15, 0.2) is 34.7 Å². The molecule has 0 spiro atoms. The number of thiophene rings is 1. The van der Waals surface area contributed by atoms with Crippen molar-refractivity contribution in [1.82, 2.24) is 9.71 Å². The van der Waals surface area contributed by atoms with Crippen LogP contribution in [0.25, 0.3) is 0 Å². The van der Waals surface area contributed by atoms with E-state index in [1.165, 1.54) is 18.2 Å². The molecule has 0 aliphatic carbocycles. The summed E-state index contributed by atoms with van der Waals surface area (Å²) in [5.74, 6) is 0.383. The molecule has 11 heteroatoms. The molecule has 2 aromatic rings. The highest BCUT2D eigenvalue weighted by atomic mass is 35.5. The largest absolute Gasteiger partial charge is 0.417 e. The maximum Gasteiger partial charge on any atom is 0.417 e. The van der Waals surface area contributed by atoms with E-state index < -0.39 is 21.8 Å². The minimum atomic E-state index is -4.43. The fourth-order valence-corrected chi connectivity index (χ4v) is 5.29. The van der Waals surface area contributed by atoms with E-state index in [0.29, 0.717) is 29.7 Å². The van der Waals surface area contributed by atoms with Crippen LogP contribution in [-0.2, 0) is 16.2 Å². The standard InChI is InChI=1S/C14H13ClF3N3O2S2/c15-11-2-4-13(24-11)25(22,23)20-10-5-6-21(8-10)12-3-1-9(7-19-12)14(16,17)18/h1-4,7,10,20H,5-6,8H2. The summed E-state index contributed by atoms with van der Waals surface area (Å²) in [6, 6.07) is 4.84. The van der Waals surface area contributed by atoms with Gasteiger partial charge in [0.15, 0.2) is 0 Å². The highest BCUT2D eigenvalue weighted by Crippen LogP contribution is 2.30. The topological polar surface area (TPSA) is 62.3 Å². The monoisotopic (exact) mass is 411 g/mol. The van der Waals surface area contributed by atoms with Gasteiger partial charge in [-0.1, -0.05) is 11.6 Å². The van der Waals surface area contributed by atoms with Gasteiger partial charge in [0.1, 0.15) is 10.0 Å². The molecule has 1 N–H and O–H groups in total. The van der Waals surface area contributed by atoms with E-state index in [-0.39, 0.29) is 10.3 Å². The number of hydrogen-bond donors (Lipinski definition) is 1. The Kier molecular flexibility index (Phi) is 4.97. The van der Waals surface area contributed by atoms with E-state index in [9.17, 15) is 21.6 Å². The van der Waals surface area contributed by atoms with Gasteiger partial charge < -0.3 is 4.90 Å². The fourth-order valence-electron chi connectivity index (χ4n) is 2.52. The SMILES string of the molecule is O=S(=O)(NC1CCN(c2ccc(C(F)(F)F)cn2)C1)c1ccc(Cl)s1. The van der Waals surface area contributed by atoms with E-state index in [4.69, 9.17) is 11.6 Å². The van der Waals surface area contributed by atoms with Gasteiger partial charge in [-0.2, -0.15) is 13.2 Å². The van der Waals surface area contributed by atoms with Crippen LogP contribution in [0.1, 0.15) is 12.0 Å². The van der Waals surface area contributed by atoms with Crippen molar-refractivity contribution in [2.75, 3.05) is 18.0 Å². The van der Waals surface area contributed by atoms with Crippen LogP contribution in [0.2, 0.25) is 4.34 Å². The van der Waals surface area contributed by atoms with Crippen LogP contribution in [0.5, 0.6) is 0 Å². The second kappa shape index (κ2) is 6.75. The lowest BCUT2D eigenvalue weighted by molar-refractivity contribution is -0.137. The second-order valence-electron chi connectivity index (χ2n) is 5.51. The second-order valence-corrected chi connectivity index (χ2v) is 9.17. The first-order valence-corrected chi connectivity index (χ1v) is 9.89. The molecule has 1 aliphatic rings. The lowest BCUT2D eigenvalue weighted by Crippen LogP contribution is -2.36. The van der Waals surface area contributed by atoms with Crippen molar-refractivity contribution < 1.29 is 21.6 Å². The molecule has 1 saturated heterocycles. The fraction of sp³-hybridized carbons (Fsp3) is 0.357. The van der Waals surface area contributed by atoms with Crippen LogP contribution in [-0.4, -0.2) is 32.5 Å². The third-order valence-electron chi connectivity index (χ3n) is 3.72. The summed E-state index contributed by atoms with van der Waals surface area (Å²) in [6.07, 6.45) is -3.13. The quantitative estimate of drug-likeness (QED) is 0.837. The minimum Gasteiger partial charge on any atom is -0.355 e. The zero-order chi connectivity index (χ0) is 18.2. The van der Waals surface area contributed by atoms with Crippen LogP contribution >= 0.6 is 22.9 Å². The third-order valence-corrected chi connectivity index (χ3v) is 6.97. The number of halogens is 4. The predicted molar refractivity (Wildman–Crippen MR) is 89.5 cm³/mol. The molecule has 1 atom stereocenters. The Morgan fingerprint density at radius 2 is 2.04 bits per heavy atom. The zero-order valence-electron chi connectivity index (χ0n) is 12.6. The summed E-state index contributed by atoms with van der Waals surface area (Å²) in [6.45, 7) is 0.827. The summed E-state index contributed by atoms with van der Waals surface area (Å²) < 4.78 is 65.4. The van der Waals surface area contributed by atoms with Gasteiger partial charge in [-0.05, 0) is 30.7 Å². The first kappa shape index (κ1) is 18.4. The molecule has 5 nitrogen and oxygen atoms in total. The van der Waals surface area contributed by atoms with Gasteiger partial charge in [-0.3, -0.25) is 0 Å². The Morgan fingerprint density at radius 1 is 1.28 bits per heavy atom. The number of aromatic nitrogens is 1. The van der Waals surface area contributed by atoms with Gasteiger partial charge in [0.25, 0.3) is 0 Å². The van der Waals surface area contributed by atoms with E-state index >= 15 is 0 Å². The van der Waals surface area contributed by atoms with Gasteiger partial charge >= 0.3 is 6.18 Å². The van der Waals surface area contributed by atoms with Crippen molar-refractivity contribution in [1.29, 1.82) is 0 Å². The van der Waals surface area contributed by atoms with E-state index in [2.05, 4.69) is 9.71 Å². The Morgan fingerprint density at radius 3 is 2.60 bits per heavy atom. The first-order chi connectivity index (χ1) is 11.6. The minimum absolute atomic E-state index is 0.128. The molecule has 3 rings (SSSR count). The summed E-state index contributed by atoms with van der Waals surface area (Å²) in [7, 11) is -3.67. The van der Waals surface area contributed by atoms with E-state index in [1.807, 2.05) is 0 Å². The van der Waals surface area contributed by atoms with Gasteiger partial charge in [0, 0.05) is 25.3 Å². The average Bonchev–Trinajstić information content (AvgIpc) is 3.16. The van der Waals surface area contributed by atoms with Crippen molar-refractivity contribution >= 4 is 38.8 Å². The molecular formula is C14H13ClF3N3O2S2. The number of sulfonamides is 1. The van der Waals surface area contributed by atoms with Gasteiger partial charge in [-0.15, -0.1) is 11.3 Å². The van der Waals surface area contributed by atoms with Crippen molar-refractivity contribution in [2.45, 2.75) is 22.8 Å². The molecule has 136 valence electrons. The molecule has 0 amide bonds. The van der Waals surface area contributed by atoms with Crippen LogP contribution in [0.4, 0.5) is 19.0 Å². The van der Waals surface area contributed by atoms with Crippen LogP contribution in [0.3, 0.4) is 0 Å². The molecular weight excluding hydrogens is 399 g/mol. The van der Waals surface area contributed by atoms with Gasteiger partial charge in [0.05, 0.1) is 9.90 Å². The summed E-state index contributed by atoms with van der Waals surface area (Å²) in [5.41, 5.74) is -0.817. The molecule has 3 heterocycles. The Balaban J connectivity index is 1.66. The van der Waals surface area contributed by atoms with Crippen molar-refractivity contribution in [3.05, 3.63) is 40.4 Å². The number of rotatable bonds is 4. The van der Waals surface area contributed by atoms with Crippen molar-refractivity contribution in [2.24, 2.45) is 0 Å². The van der Waals surface area contributed by atoms with Crippen LogP contribution < -0.4 is 9.62 Å². The predicted octanol–water partition coefficient (Wildman–Crippen LogP) is 3.37. The van der Waals surface area contributed by atoms with E-state index in [0.717, 1.165) is 23.6 Å². The lowest BCUT2D eigenvalue weighted by Gasteiger charge is -2.18. The lowest BCUT2D eigenvalue weighted by atomic mass is 10.3. The van der Waals surface area contributed by atoms with E-state index in [1.54, 1.807) is 4.90 Å². The summed E-state index contributed by atoms with van der Waals surface area (Å²) >= 11 is 6.72. The molecule has 25 heavy (non-hydrogen) atoms. The highest BCUT2D eigenvalue weighted by molar-refractivity contribution is 7.91. The van der Waals surface area contributed by atoms with Crippen molar-refractivity contribution in [3.8, 4) is 0 Å². The number of pyridine rings is 1. The summed E-state index contributed by atoms with van der Waals surface area (Å²) in [4.78, 5) is 5.58. The molecule has 1 unspecified atom stereocenters. The number of alkyl halides is 3. The molecule has 0 radical (unpaired) electrons. The first-order valence-electron chi connectivity index (χ1n) is 7.21. The number of hydrogen-bond acceptors (Lipinski definition) is 5. The Bertz CT molecular complexity index is 853. The van der Waals surface area contributed by atoms with Crippen LogP contribution in [0, 0.1) is 0 Å². The average molecular weight is 412 g/mol. The highest BCUT2D eigenvalue weighted by Gasteiger charge is 2.32. The smallest absolute Gasteiger partial charge is 0.355 e. The third kappa shape index (κ3) is 4.25. The molecule has 0 aromatic carbocycles. The molecule has 1 fully saturated rings. The zero-order valence-corrected chi connectivity index (χ0v) is 15.0. The van der Waals surface area contributed by atoms with Crippen molar-refractivity contribution in [3.63, 3.8) is 0 Å². The summed E-state index contributed by atoms with van der Waals surface area (Å²) in [5, 5.41) is 0.